The summed E-state index contributed by atoms with van der Waals surface area (Å²) < 4.78 is 7.49. The van der Waals surface area contributed by atoms with Gasteiger partial charge in [0.1, 0.15) is 5.69 Å². The molecular weight excluding hydrogens is 456 g/mol. The summed E-state index contributed by atoms with van der Waals surface area (Å²) in [6, 6.07) is 8.87. The van der Waals surface area contributed by atoms with Gasteiger partial charge >= 0.3 is 5.56 Å². The van der Waals surface area contributed by atoms with Gasteiger partial charge in [0.2, 0.25) is 11.7 Å². The number of piperazine rings is 1. The highest BCUT2D eigenvalue weighted by Gasteiger charge is 2.27. The van der Waals surface area contributed by atoms with E-state index in [0.717, 1.165) is 25.7 Å². The highest BCUT2D eigenvalue weighted by atomic mass is 16.5. The number of benzene rings is 1. The third-order valence-corrected chi connectivity index (χ3v) is 6.63. The quantitative estimate of drug-likeness (QED) is 0.384. The van der Waals surface area contributed by atoms with Crippen molar-refractivity contribution < 1.29 is 9.53 Å². The number of amides is 1. The Balaban J connectivity index is 1.71. The van der Waals surface area contributed by atoms with Gasteiger partial charge in [0.25, 0.3) is 0 Å². The fourth-order valence-electron chi connectivity index (χ4n) is 4.46. The van der Waals surface area contributed by atoms with Crippen molar-refractivity contribution in [1.82, 2.24) is 14.7 Å². The number of rotatable bonds is 14. The Kier molecular flexibility index (Phi) is 11.2. The van der Waals surface area contributed by atoms with Crippen LogP contribution in [0.15, 0.2) is 41.3 Å². The Morgan fingerprint density at radius 3 is 2.44 bits per heavy atom. The molecule has 1 fully saturated rings. The van der Waals surface area contributed by atoms with E-state index in [1.54, 1.807) is 6.20 Å². The van der Waals surface area contributed by atoms with Gasteiger partial charge in [-0.05, 0) is 37.9 Å². The highest BCUT2D eigenvalue weighted by molar-refractivity contribution is 5.82. The minimum absolute atomic E-state index is 0.0205. The second-order valence-electron chi connectivity index (χ2n) is 9.38. The van der Waals surface area contributed by atoms with Gasteiger partial charge in [0.05, 0.1) is 24.5 Å². The van der Waals surface area contributed by atoms with Crippen LogP contribution in [0.3, 0.4) is 0 Å². The molecule has 9 nitrogen and oxygen atoms in total. The lowest BCUT2D eigenvalue weighted by Crippen LogP contribution is -2.53. The number of hydrogen-bond acceptors (Lipinski definition) is 7. The SMILES string of the molecule is CCCCCCCOc1c(N2CCN(C(=O)[C@@H](N)CCCCN)CC2)cnn(-c2ccccc2)c1=O. The molecule has 1 aromatic heterocycles. The standard InChI is InChI=1S/C27H42N6O3/c1-2-3-4-5-11-20-36-25-24(21-30-33(27(25)35)22-12-7-6-8-13-22)31-16-18-32(19-17-31)26(34)23(29)14-9-10-15-28/h6-8,12-13,21,23H,2-5,9-11,14-20,28-29H2,1H3/t23-/m0/s1. The van der Waals surface area contributed by atoms with Crippen LogP contribution >= 0.6 is 0 Å². The van der Waals surface area contributed by atoms with Crippen molar-refractivity contribution in [2.45, 2.75) is 64.3 Å². The van der Waals surface area contributed by atoms with Gasteiger partial charge in [-0.2, -0.15) is 9.78 Å². The van der Waals surface area contributed by atoms with Crippen LogP contribution in [0.5, 0.6) is 5.75 Å². The van der Waals surface area contributed by atoms with Crippen LogP contribution < -0.4 is 26.7 Å². The van der Waals surface area contributed by atoms with Crippen LogP contribution in [0.1, 0.15) is 58.3 Å². The van der Waals surface area contributed by atoms with E-state index in [1.165, 1.54) is 23.9 Å². The maximum absolute atomic E-state index is 13.4. The molecule has 1 aromatic carbocycles. The maximum atomic E-state index is 13.4. The molecule has 198 valence electrons. The summed E-state index contributed by atoms with van der Waals surface area (Å²) in [5.74, 6) is 0.301. The molecule has 1 aliphatic rings. The molecule has 0 spiro atoms. The van der Waals surface area contributed by atoms with Gasteiger partial charge in [-0.3, -0.25) is 9.59 Å². The van der Waals surface area contributed by atoms with E-state index in [0.29, 0.717) is 62.9 Å². The molecule has 0 aliphatic carbocycles. The number of carbonyl (C=O) groups excluding carboxylic acids is 1. The molecule has 2 aromatic rings. The van der Waals surface area contributed by atoms with Gasteiger partial charge in [-0.15, -0.1) is 0 Å². The lowest BCUT2D eigenvalue weighted by Gasteiger charge is -2.37. The number of unbranched alkanes of at least 4 members (excludes halogenated alkanes) is 5. The second kappa shape index (κ2) is 14.6. The van der Waals surface area contributed by atoms with E-state index < -0.39 is 6.04 Å². The summed E-state index contributed by atoms with van der Waals surface area (Å²) in [7, 11) is 0. The van der Waals surface area contributed by atoms with Gasteiger partial charge < -0.3 is 26.0 Å². The molecule has 0 saturated carbocycles. The van der Waals surface area contributed by atoms with Crippen LogP contribution in [0.4, 0.5) is 5.69 Å². The number of hydrogen-bond donors (Lipinski definition) is 2. The maximum Gasteiger partial charge on any atom is 0.316 e. The first-order valence-electron chi connectivity index (χ1n) is 13.4. The van der Waals surface area contributed by atoms with Crippen molar-refractivity contribution in [2.24, 2.45) is 11.5 Å². The molecule has 4 N–H and O–H groups in total. The van der Waals surface area contributed by atoms with E-state index in [-0.39, 0.29) is 11.5 Å². The zero-order chi connectivity index (χ0) is 25.8. The molecule has 1 aliphatic heterocycles. The molecule has 3 rings (SSSR count). The zero-order valence-corrected chi connectivity index (χ0v) is 21.6. The van der Waals surface area contributed by atoms with E-state index in [4.69, 9.17) is 16.2 Å². The summed E-state index contributed by atoms with van der Waals surface area (Å²) in [5.41, 5.74) is 12.8. The Morgan fingerprint density at radius 2 is 1.75 bits per heavy atom. The Labute approximate surface area is 214 Å². The minimum atomic E-state index is -0.494. The van der Waals surface area contributed by atoms with E-state index in [1.807, 2.05) is 35.2 Å². The highest BCUT2D eigenvalue weighted by Crippen LogP contribution is 2.26. The number of ether oxygens (including phenoxy) is 1. The van der Waals surface area contributed by atoms with Crippen LogP contribution in [0.2, 0.25) is 0 Å². The fraction of sp³-hybridized carbons (Fsp3) is 0.593. The molecule has 36 heavy (non-hydrogen) atoms. The van der Waals surface area contributed by atoms with Crippen molar-refractivity contribution in [2.75, 3.05) is 44.2 Å². The molecule has 1 amide bonds. The van der Waals surface area contributed by atoms with Crippen LogP contribution in [-0.2, 0) is 4.79 Å². The average Bonchev–Trinajstić information content (AvgIpc) is 2.91. The molecule has 1 saturated heterocycles. The second-order valence-corrected chi connectivity index (χ2v) is 9.38. The Hall–Kier alpha value is -2.91. The first-order chi connectivity index (χ1) is 17.6. The third kappa shape index (κ3) is 7.54. The predicted octanol–water partition coefficient (Wildman–Crippen LogP) is 2.69. The summed E-state index contributed by atoms with van der Waals surface area (Å²) in [4.78, 5) is 30.1. The van der Waals surface area contributed by atoms with Crippen LogP contribution in [0.25, 0.3) is 5.69 Å². The van der Waals surface area contributed by atoms with Gasteiger partial charge in [0, 0.05) is 26.2 Å². The van der Waals surface area contributed by atoms with Crippen molar-refractivity contribution in [1.29, 1.82) is 0 Å². The zero-order valence-electron chi connectivity index (χ0n) is 21.6. The monoisotopic (exact) mass is 498 g/mol. The predicted molar refractivity (Wildman–Crippen MR) is 144 cm³/mol. The van der Waals surface area contributed by atoms with Crippen molar-refractivity contribution in [3.05, 3.63) is 46.9 Å². The molecule has 0 unspecified atom stereocenters. The van der Waals surface area contributed by atoms with Gasteiger partial charge in [-0.1, -0.05) is 57.2 Å². The summed E-state index contributed by atoms with van der Waals surface area (Å²) in [5, 5.41) is 4.45. The van der Waals surface area contributed by atoms with Crippen LogP contribution in [-0.4, -0.2) is 66.0 Å². The summed E-state index contributed by atoms with van der Waals surface area (Å²) >= 11 is 0. The van der Waals surface area contributed by atoms with Gasteiger partial charge in [-0.25, -0.2) is 0 Å². The molecule has 0 bridgehead atoms. The van der Waals surface area contributed by atoms with E-state index in [2.05, 4.69) is 16.9 Å². The minimum Gasteiger partial charge on any atom is -0.486 e. The Morgan fingerprint density at radius 1 is 1.03 bits per heavy atom. The van der Waals surface area contributed by atoms with Crippen molar-refractivity contribution in [3.63, 3.8) is 0 Å². The lowest BCUT2D eigenvalue weighted by molar-refractivity contribution is -0.133. The molecule has 2 heterocycles. The number of aromatic nitrogens is 2. The number of nitrogens with zero attached hydrogens (tertiary/aromatic N) is 4. The molecule has 1 atom stereocenters. The first kappa shape index (κ1) is 27.7. The largest absolute Gasteiger partial charge is 0.486 e. The topological polar surface area (TPSA) is 120 Å². The molecule has 9 heteroatoms. The number of nitrogens with two attached hydrogens (primary N) is 2. The van der Waals surface area contributed by atoms with Crippen LogP contribution in [0, 0.1) is 0 Å². The Bertz CT molecular complexity index is 989. The van der Waals surface area contributed by atoms with Gasteiger partial charge in [0.15, 0.2) is 0 Å². The van der Waals surface area contributed by atoms with Crippen molar-refractivity contribution >= 4 is 11.6 Å². The average molecular weight is 499 g/mol. The summed E-state index contributed by atoms with van der Waals surface area (Å²) in [6.45, 7) is 5.55. The normalized spacial score (nSPS) is 14.6. The number of anilines is 1. The molecular formula is C27H42N6O3. The fourth-order valence-corrected chi connectivity index (χ4v) is 4.46. The third-order valence-electron chi connectivity index (χ3n) is 6.63. The first-order valence-corrected chi connectivity index (χ1v) is 13.4. The van der Waals surface area contributed by atoms with E-state index >= 15 is 0 Å². The smallest absolute Gasteiger partial charge is 0.316 e. The number of para-hydroxylation sites is 1. The number of carbonyl (C=O) groups is 1. The van der Waals surface area contributed by atoms with E-state index in [9.17, 15) is 9.59 Å². The lowest BCUT2D eigenvalue weighted by atomic mass is 10.1. The summed E-state index contributed by atoms with van der Waals surface area (Å²) in [6.07, 6.45) is 9.62. The molecule has 0 radical (unpaired) electrons. The van der Waals surface area contributed by atoms with Crippen molar-refractivity contribution in [3.8, 4) is 11.4 Å².